The fourth-order valence-corrected chi connectivity index (χ4v) is 1.99. The molecule has 1 amide bonds. The van der Waals surface area contributed by atoms with E-state index < -0.39 is 0 Å². The lowest BCUT2D eigenvalue weighted by Gasteiger charge is -2.04. The molecule has 4 nitrogen and oxygen atoms in total. The Morgan fingerprint density at radius 1 is 1.61 bits per heavy atom. The predicted octanol–water partition coefficient (Wildman–Crippen LogP) is 2.12. The molecule has 0 spiro atoms. The van der Waals surface area contributed by atoms with Gasteiger partial charge in [-0.3, -0.25) is 9.20 Å². The monoisotopic (exact) mass is 243 g/mol. The average molecular weight is 243 g/mol. The second kappa shape index (κ2) is 5.04. The Morgan fingerprint density at radius 3 is 3.06 bits per heavy atom. The van der Waals surface area contributed by atoms with Crippen LogP contribution in [-0.4, -0.2) is 21.8 Å². The number of carbonyl (C=O) groups is 1. The summed E-state index contributed by atoms with van der Waals surface area (Å²) >= 11 is 0. The Bertz CT molecular complexity index is 598. The van der Waals surface area contributed by atoms with E-state index in [0.29, 0.717) is 12.2 Å². The van der Waals surface area contributed by atoms with E-state index in [2.05, 4.69) is 16.9 Å². The maximum Gasteiger partial charge on any atom is 0.270 e. The molecule has 4 heteroatoms. The molecular weight excluding hydrogens is 226 g/mol. The standard InChI is InChI=1S/C14H17N3O/c1-4-8-15-14(18)12-11(5-2)16-13-10(3)7-6-9-17(12)13/h4,6-7,9H,1,5,8H2,2-3H3,(H,15,18). The molecule has 0 unspecified atom stereocenters. The number of nitrogens with one attached hydrogen (secondary N) is 1. The van der Waals surface area contributed by atoms with Crippen LogP contribution < -0.4 is 5.32 Å². The fraction of sp³-hybridized carbons (Fsp3) is 0.286. The molecule has 0 aliphatic carbocycles. The number of aryl methyl sites for hydroxylation is 2. The van der Waals surface area contributed by atoms with Gasteiger partial charge in [-0.25, -0.2) is 4.98 Å². The van der Waals surface area contributed by atoms with E-state index >= 15 is 0 Å². The van der Waals surface area contributed by atoms with E-state index in [1.807, 2.05) is 36.6 Å². The first-order chi connectivity index (χ1) is 8.69. The van der Waals surface area contributed by atoms with Crippen molar-refractivity contribution in [1.29, 1.82) is 0 Å². The number of nitrogens with zero attached hydrogens (tertiary/aromatic N) is 2. The van der Waals surface area contributed by atoms with Gasteiger partial charge >= 0.3 is 0 Å². The zero-order valence-corrected chi connectivity index (χ0v) is 10.7. The summed E-state index contributed by atoms with van der Waals surface area (Å²) < 4.78 is 1.85. The maximum absolute atomic E-state index is 12.1. The summed E-state index contributed by atoms with van der Waals surface area (Å²) in [5.74, 6) is -0.107. The number of hydrogen-bond donors (Lipinski definition) is 1. The Hall–Kier alpha value is -2.10. The lowest BCUT2D eigenvalue weighted by molar-refractivity contribution is 0.0951. The van der Waals surface area contributed by atoms with Crippen LogP contribution in [-0.2, 0) is 6.42 Å². The number of fused-ring (bicyclic) bond motifs is 1. The summed E-state index contributed by atoms with van der Waals surface area (Å²) in [5, 5.41) is 2.80. The fourth-order valence-electron chi connectivity index (χ4n) is 1.99. The van der Waals surface area contributed by atoms with Crippen LogP contribution in [0.2, 0.25) is 0 Å². The van der Waals surface area contributed by atoms with Crippen molar-refractivity contribution < 1.29 is 4.79 Å². The van der Waals surface area contributed by atoms with Crippen molar-refractivity contribution in [3.05, 3.63) is 47.9 Å². The molecular formula is C14H17N3O. The van der Waals surface area contributed by atoms with Crippen molar-refractivity contribution >= 4 is 11.6 Å². The minimum atomic E-state index is -0.107. The van der Waals surface area contributed by atoms with E-state index in [4.69, 9.17) is 0 Å². The molecule has 2 heterocycles. The maximum atomic E-state index is 12.1. The molecule has 0 aliphatic rings. The third-order valence-electron chi connectivity index (χ3n) is 2.87. The van der Waals surface area contributed by atoms with Crippen LogP contribution in [0.5, 0.6) is 0 Å². The molecule has 0 aliphatic heterocycles. The van der Waals surface area contributed by atoms with Gasteiger partial charge in [0.05, 0.1) is 5.69 Å². The summed E-state index contributed by atoms with van der Waals surface area (Å²) in [7, 11) is 0. The molecule has 2 rings (SSSR count). The first-order valence-electron chi connectivity index (χ1n) is 6.04. The normalized spacial score (nSPS) is 10.6. The highest BCUT2D eigenvalue weighted by Crippen LogP contribution is 2.16. The van der Waals surface area contributed by atoms with E-state index in [9.17, 15) is 4.79 Å². The lowest BCUT2D eigenvalue weighted by Crippen LogP contribution is -2.25. The zero-order chi connectivity index (χ0) is 13.1. The molecule has 0 fully saturated rings. The Balaban J connectivity index is 2.57. The lowest BCUT2D eigenvalue weighted by atomic mass is 10.2. The summed E-state index contributed by atoms with van der Waals surface area (Å²) in [4.78, 5) is 16.7. The molecule has 0 bridgehead atoms. The number of rotatable bonds is 4. The Kier molecular flexibility index (Phi) is 3.46. The SMILES string of the molecule is C=CCNC(=O)c1c(CC)nc2c(C)cccn12. The summed E-state index contributed by atoms with van der Waals surface area (Å²) in [5.41, 5.74) is 3.36. The number of imidazole rings is 1. The van der Waals surface area contributed by atoms with Gasteiger partial charge in [0.25, 0.3) is 5.91 Å². The zero-order valence-electron chi connectivity index (χ0n) is 10.7. The molecule has 2 aromatic heterocycles. The molecule has 94 valence electrons. The summed E-state index contributed by atoms with van der Waals surface area (Å²) in [6.07, 6.45) is 4.27. The molecule has 0 saturated carbocycles. The quantitative estimate of drug-likeness (QED) is 0.836. The van der Waals surface area contributed by atoms with Crippen LogP contribution in [0.3, 0.4) is 0 Å². The molecule has 1 N–H and O–H groups in total. The van der Waals surface area contributed by atoms with Crippen LogP contribution in [0, 0.1) is 6.92 Å². The number of pyridine rings is 1. The van der Waals surface area contributed by atoms with Gasteiger partial charge in [0, 0.05) is 12.7 Å². The van der Waals surface area contributed by atoms with Crippen LogP contribution in [0.1, 0.15) is 28.7 Å². The van der Waals surface area contributed by atoms with Crippen LogP contribution in [0.25, 0.3) is 5.65 Å². The van der Waals surface area contributed by atoms with E-state index in [1.165, 1.54) is 0 Å². The molecule has 0 aromatic carbocycles. The summed E-state index contributed by atoms with van der Waals surface area (Å²) in [6.45, 7) is 8.05. The second-order valence-electron chi connectivity index (χ2n) is 4.14. The van der Waals surface area contributed by atoms with Gasteiger partial charge < -0.3 is 5.32 Å². The number of carbonyl (C=O) groups excluding carboxylic acids is 1. The van der Waals surface area contributed by atoms with Gasteiger partial charge in [-0.1, -0.05) is 19.1 Å². The molecule has 18 heavy (non-hydrogen) atoms. The van der Waals surface area contributed by atoms with E-state index in [-0.39, 0.29) is 5.91 Å². The third-order valence-corrected chi connectivity index (χ3v) is 2.87. The molecule has 0 saturated heterocycles. The van der Waals surface area contributed by atoms with Gasteiger partial charge in [-0.05, 0) is 25.0 Å². The smallest absolute Gasteiger partial charge is 0.270 e. The van der Waals surface area contributed by atoms with Gasteiger partial charge in [-0.2, -0.15) is 0 Å². The molecule has 0 radical (unpaired) electrons. The van der Waals surface area contributed by atoms with Crippen LogP contribution in [0.15, 0.2) is 31.0 Å². The highest BCUT2D eigenvalue weighted by molar-refractivity contribution is 5.95. The van der Waals surface area contributed by atoms with Crippen molar-refractivity contribution in [3.8, 4) is 0 Å². The number of amides is 1. The number of aromatic nitrogens is 2. The molecule has 0 atom stereocenters. The van der Waals surface area contributed by atoms with Crippen molar-refractivity contribution in [2.75, 3.05) is 6.54 Å². The van der Waals surface area contributed by atoms with Crippen molar-refractivity contribution in [2.45, 2.75) is 20.3 Å². The van der Waals surface area contributed by atoms with Crippen molar-refractivity contribution in [3.63, 3.8) is 0 Å². The van der Waals surface area contributed by atoms with Crippen molar-refractivity contribution in [1.82, 2.24) is 14.7 Å². The van der Waals surface area contributed by atoms with Gasteiger partial charge in [0.15, 0.2) is 0 Å². The van der Waals surface area contributed by atoms with E-state index in [1.54, 1.807) is 6.08 Å². The molecule has 2 aromatic rings. The third kappa shape index (κ3) is 2.01. The highest BCUT2D eigenvalue weighted by atomic mass is 16.1. The topological polar surface area (TPSA) is 46.4 Å². The minimum Gasteiger partial charge on any atom is -0.347 e. The first kappa shape index (κ1) is 12.4. The Labute approximate surface area is 106 Å². The van der Waals surface area contributed by atoms with Crippen molar-refractivity contribution in [2.24, 2.45) is 0 Å². The van der Waals surface area contributed by atoms with Gasteiger partial charge in [0.2, 0.25) is 0 Å². The van der Waals surface area contributed by atoms with Gasteiger partial charge in [-0.15, -0.1) is 6.58 Å². The van der Waals surface area contributed by atoms with Crippen LogP contribution in [0.4, 0.5) is 0 Å². The average Bonchev–Trinajstić information content (AvgIpc) is 2.76. The highest BCUT2D eigenvalue weighted by Gasteiger charge is 2.18. The first-order valence-corrected chi connectivity index (χ1v) is 6.04. The van der Waals surface area contributed by atoms with Crippen LogP contribution >= 0.6 is 0 Å². The Morgan fingerprint density at radius 2 is 2.39 bits per heavy atom. The minimum absolute atomic E-state index is 0.107. The van der Waals surface area contributed by atoms with Gasteiger partial charge in [0.1, 0.15) is 11.3 Å². The number of hydrogen-bond acceptors (Lipinski definition) is 2. The van der Waals surface area contributed by atoms with E-state index in [0.717, 1.165) is 23.3 Å². The predicted molar refractivity (Wildman–Crippen MR) is 71.8 cm³/mol. The summed E-state index contributed by atoms with van der Waals surface area (Å²) in [6, 6.07) is 3.92. The second-order valence-corrected chi connectivity index (χ2v) is 4.14. The largest absolute Gasteiger partial charge is 0.347 e.